The van der Waals surface area contributed by atoms with Gasteiger partial charge in [-0.15, -0.1) is 0 Å². The number of carboxylic acids is 1. The second-order valence-electron chi connectivity index (χ2n) is 4.38. The fourth-order valence-corrected chi connectivity index (χ4v) is 1.73. The molecule has 2 unspecified atom stereocenters. The molecule has 88 valence electrons. The maximum Gasteiger partial charge on any atom is 0.322 e. The lowest BCUT2D eigenvalue weighted by atomic mass is 10.0. The fourth-order valence-electron chi connectivity index (χ4n) is 1.73. The van der Waals surface area contributed by atoms with Crippen LogP contribution in [0.4, 0.5) is 0 Å². The summed E-state index contributed by atoms with van der Waals surface area (Å²) in [6, 6.07) is -0.517. The van der Waals surface area contributed by atoms with Crippen molar-refractivity contribution in [1.82, 2.24) is 10.2 Å². The third kappa shape index (κ3) is 3.44. The quantitative estimate of drug-likeness (QED) is 0.591. The molecule has 0 aliphatic carbocycles. The minimum atomic E-state index is -0.825. The SMILES string of the molecule is CCC(C)(O)CN1CCNCC1C(=O)O. The molecule has 0 aromatic heterocycles. The maximum atomic E-state index is 11.0. The van der Waals surface area contributed by atoms with Crippen molar-refractivity contribution < 1.29 is 15.0 Å². The lowest BCUT2D eigenvalue weighted by Crippen LogP contribution is -2.58. The van der Waals surface area contributed by atoms with E-state index in [2.05, 4.69) is 5.32 Å². The van der Waals surface area contributed by atoms with E-state index in [4.69, 9.17) is 5.11 Å². The van der Waals surface area contributed by atoms with E-state index in [1.54, 1.807) is 6.92 Å². The van der Waals surface area contributed by atoms with Gasteiger partial charge in [-0.25, -0.2) is 0 Å². The van der Waals surface area contributed by atoms with Gasteiger partial charge in [-0.05, 0) is 13.3 Å². The highest BCUT2D eigenvalue weighted by molar-refractivity contribution is 5.74. The zero-order valence-corrected chi connectivity index (χ0v) is 9.36. The zero-order valence-electron chi connectivity index (χ0n) is 9.36. The lowest BCUT2D eigenvalue weighted by Gasteiger charge is -2.37. The molecule has 1 heterocycles. The van der Waals surface area contributed by atoms with E-state index in [1.165, 1.54) is 0 Å². The molecule has 0 spiro atoms. The van der Waals surface area contributed by atoms with Gasteiger partial charge in [0.15, 0.2) is 0 Å². The van der Waals surface area contributed by atoms with Gasteiger partial charge >= 0.3 is 5.97 Å². The third-order valence-corrected chi connectivity index (χ3v) is 2.94. The van der Waals surface area contributed by atoms with Crippen LogP contribution in [-0.2, 0) is 4.79 Å². The molecule has 1 saturated heterocycles. The minimum absolute atomic E-state index is 0.419. The molecule has 1 aliphatic rings. The summed E-state index contributed by atoms with van der Waals surface area (Å²) in [5.41, 5.74) is -0.801. The number of carbonyl (C=O) groups is 1. The van der Waals surface area contributed by atoms with Crippen LogP contribution in [0, 0.1) is 0 Å². The summed E-state index contributed by atoms with van der Waals surface area (Å²) in [5, 5.41) is 22.0. The van der Waals surface area contributed by atoms with Crippen molar-refractivity contribution in [3.05, 3.63) is 0 Å². The van der Waals surface area contributed by atoms with Crippen LogP contribution in [0.15, 0.2) is 0 Å². The van der Waals surface area contributed by atoms with E-state index in [1.807, 2.05) is 11.8 Å². The molecular weight excluding hydrogens is 196 g/mol. The van der Waals surface area contributed by atoms with Crippen molar-refractivity contribution in [1.29, 1.82) is 0 Å². The smallest absolute Gasteiger partial charge is 0.322 e. The van der Waals surface area contributed by atoms with Gasteiger partial charge in [-0.3, -0.25) is 9.69 Å². The average molecular weight is 216 g/mol. The molecular formula is C10H20N2O3. The van der Waals surface area contributed by atoms with Crippen molar-refractivity contribution in [2.45, 2.75) is 31.9 Å². The first kappa shape index (κ1) is 12.4. The number of piperazine rings is 1. The summed E-state index contributed by atoms with van der Waals surface area (Å²) in [4.78, 5) is 12.8. The van der Waals surface area contributed by atoms with E-state index in [-0.39, 0.29) is 0 Å². The van der Waals surface area contributed by atoms with Crippen LogP contribution in [0.25, 0.3) is 0 Å². The van der Waals surface area contributed by atoms with Gasteiger partial charge in [0.1, 0.15) is 6.04 Å². The molecule has 0 bridgehead atoms. The first-order valence-electron chi connectivity index (χ1n) is 5.36. The minimum Gasteiger partial charge on any atom is -0.480 e. The van der Waals surface area contributed by atoms with E-state index in [0.29, 0.717) is 26.1 Å². The Morgan fingerprint density at radius 1 is 1.67 bits per heavy atom. The molecule has 0 aromatic rings. The number of hydrogen-bond donors (Lipinski definition) is 3. The summed E-state index contributed by atoms with van der Waals surface area (Å²) in [7, 11) is 0. The number of nitrogens with zero attached hydrogens (tertiary/aromatic N) is 1. The van der Waals surface area contributed by atoms with Crippen LogP contribution in [0.2, 0.25) is 0 Å². The van der Waals surface area contributed by atoms with Gasteiger partial charge < -0.3 is 15.5 Å². The van der Waals surface area contributed by atoms with Crippen molar-refractivity contribution in [2.75, 3.05) is 26.2 Å². The van der Waals surface area contributed by atoms with Crippen molar-refractivity contribution >= 4 is 5.97 Å². The number of β-amino-alcohol motifs (C(OH)–C–C–N with tert-alkyl or cyclic N) is 1. The lowest BCUT2D eigenvalue weighted by molar-refractivity contribution is -0.145. The molecule has 0 radical (unpaired) electrons. The van der Waals surface area contributed by atoms with Gasteiger partial charge in [-0.2, -0.15) is 0 Å². The Labute approximate surface area is 90.1 Å². The molecule has 1 aliphatic heterocycles. The second-order valence-corrected chi connectivity index (χ2v) is 4.38. The standard InChI is InChI=1S/C10H20N2O3/c1-3-10(2,15)7-12-5-4-11-6-8(12)9(13)14/h8,11,15H,3-7H2,1-2H3,(H,13,14). The summed E-state index contributed by atoms with van der Waals surface area (Å²) >= 11 is 0. The van der Waals surface area contributed by atoms with Gasteiger partial charge in [0.25, 0.3) is 0 Å². The van der Waals surface area contributed by atoms with Crippen molar-refractivity contribution in [2.24, 2.45) is 0 Å². The first-order valence-corrected chi connectivity index (χ1v) is 5.36. The molecule has 1 rings (SSSR count). The molecule has 3 N–H and O–H groups in total. The average Bonchev–Trinajstić information content (AvgIpc) is 2.18. The molecule has 1 fully saturated rings. The van der Waals surface area contributed by atoms with Crippen LogP contribution in [0.3, 0.4) is 0 Å². The number of aliphatic carboxylic acids is 1. The molecule has 0 aromatic carbocycles. The van der Waals surface area contributed by atoms with Crippen LogP contribution < -0.4 is 5.32 Å². The number of hydrogen-bond acceptors (Lipinski definition) is 4. The van der Waals surface area contributed by atoms with E-state index in [0.717, 1.165) is 6.54 Å². The number of carboxylic acid groups (broad SMARTS) is 1. The van der Waals surface area contributed by atoms with Gasteiger partial charge in [0, 0.05) is 26.2 Å². The van der Waals surface area contributed by atoms with Gasteiger partial charge in [0.05, 0.1) is 5.60 Å². The Balaban J connectivity index is 2.61. The summed E-state index contributed by atoms with van der Waals surface area (Å²) < 4.78 is 0. The molecule has 5 heteroatoms. The topological polar surface area (TPSA) is 72.8 Å². The number of rotatable bonds is 4. The first-order chi connectivity index (χ1) is 6.96. The van der Waals surface area contributed by atoms with Gasteiger partial charge in [-0.1, -0.05) is 6.92 Å². The largest absolute Gasteiger partial charge is 0.480 e. The predicted molar refractivity (Wildman–Crippen MR) is 56.8 cm³/mol. The summed E-state index contributed by atoms with van der Waals surface area (Å²) in [6.45, 7) is 5.97. The summed E-state index contributed by atoms with van der Waals surface area (Å²) in [5.74, 6) is -0.825. The van der Waals surface area contributed by atoms with Crippen molar-refractivity contribution in [3.8, 4) is 0 Å². The molecule has 0 saturated carbocycles. The normalized spacial score (nSPS) is 27.3. The van der Waals surface area contributed by atoms with E-state index in [9.17, 15) is 9.90 Å². The number of nitrogens with one attached hydrogen (secondary N) is 1. The molecule has 5 nitrogen and oxygen atoms in total. The van der Waals surface area contributed by atoms with Crippen LogP contribution >= 0.6 is 0 Å². The molecule has 2 atom stereocenters. The highest BCUT2D eigenvalue weighted by Crippen LogP contribution is 2.14. The summed E-state index contributed by atoms with van der Waals surface area (Å²) in [6.07, 6.45) is 0.628. The highest BCUT2D eigenvalue weighted by Gasteiger charge is 2.32. The highest BCUT2D eigenvalue weighted by atomic mass is 16.4. The fraction of sp³-hybridized carbons (Fsp3) is 0.900. The second kappa shape index (κ2) is 4.92. The van der Waals surface area contributed by atoms with Crippen LogP contribution in [-0.4, -0.2) is 58.9 Å². The monoisotopic (exact) mass is 216 g/mol. The third-order valence-electron chi connectivity index (χ3n) is 2.94. The Morgan fingerprint density at radius 3 is 2.87 bits per heavy atom. The van der Waals surface area contributed by atoms with Crippen molar-refractivity contribution in [3.63, 3.8) is 0 Å². The van der Waals surface area contributed by atoms with Gasteiger partial charge in [0.2, 0.25) is 0 Å². The van der Waals surface area contributed by atoms with Crippen LogP contribution in [0.1, 0.15) is 20.3 Å². The Bertz CT molecular complexity index is 231. The molecule has 15 heavy (non-hydrogen) atoms. The number of aliphatic hydroxyl groups is 1. The van der Waals surface area contributed by atoms with Crippen LogP contribution in [0.5, 0.6) is 0 Å². The zero-order chi connectivity index (χ0) is 11.5. The van der Waals surface area contributed by atoms with E-state index < -0.39 is 17.6 Å². The Kier molecular flexibility index (Phi) is 4.07. The Morgan fingerprint density at radius 2 is 2.33 bits per heavy atom. The Hall–Kier alpha value is -0.650. The maximum absolute atomic E-state index is 11.0. The van der Waals surface area contributed by atoms with E-state index >= 15 is 0 Å². The molecule has 0 amide bonds. The predicted octanol–water partition coefficient (Wildman–Crippen LogP) is -0.494.